The average molecular weight is 331 g/mol. The van der Waals surface area contributed by atoms with Crippen molar-refractivity contribution in [1.82, 2.24) is 0 Å². The summed E-state index contributed by atoms with van der Waals surface area (Å²) in [6.45, 7) is 3.70. The van der Waals surface area contributed by atoms with Crippen LogP contribution in [0.15, 0.2) is 35.1 Å². The predicted molar refractivity (Wildman–Crippen MR) is 58.2 cm³/mol. The molecule has 0 fully saturated rings. The first-order chi connectivity index (χ1) is 7.90. The van der Waals surface area contributed by atoms with Crippen LogP contribution < -0.4 is 0 Å². The second-order valence-electron chi connectivity index (χ2n) is 2.35. The number of carbonyl (C=O) groups is 2. The smallest absolute Gasteiger partial charge is 0.450 e. The standard InChI is InChI=1S/C5H5.C3H5.2CH2O3.Ru/c1-2-4-5-3-1;1-3-2;2*2-1(3)4;/h1-3H,4H2;3H,1-2H2;2*(H2,2,3,4);. The van der Waals surface area contributed by atoms with E-state index in [2.05, 4.69) is 24.8 Å². The maximum Gasteiger partial charge on any atom is 0.503 e. The van der Waals surface area contributed by atoms with Crippen molar-refractivity contribution in [3.63, 3.8) is 0 Å². The molecule has 4 N–H and O–H groups in total. The average Bonchev–Trinajstić information content (AvgIpc) is 2.65. The number of hydrogen-bond acceptors (Lipinski definition) is 2. The van der Waals surface area contributed by atoms with Gasteiger partial charge in [-0.1, -0.05) is 0 Å². The van der Waals surface area contributed by atoms with Gasteiger partial charge >= 0.3 is 75.9 Å². The summed E-state index contributed by atoms with van der Waals surface area (Å²) in [4.78, 5) is 17.1. The first-order valence-corrected chi connectivity index (χ1v) is 6.36. The number of allylic oxidation sites excluding steroid dienone is 5. The number of rotatable bonds is 3. The Morgan fingerprint density at radius 2 is 1.76 bits per heavy atom. The molecule has 0 spiro atoms. The Morgan fingerprint density at radius 1 is 1.29 bits per heavy atom. The van der Waals surface area contributed by atoms with Crippen molar-refractivity contribution in [2.24, 2.45) is 0 Å². The molecular formula is C10H14O6Ru. The van der Waals surface area contributed by atoms with Crippen LogP contribution in [0.3, 0.4) is 0 Å². The van der Waals surface area contributed by atoms with Gasteiger partial charge in [-0.05, 0) is 0 Å². The summed E-state index contributed by atoms with van der Waals surface area (Å²) in [6.07, 6.45) is 6.14. The van der Waals surface area contributed by atoms with Crippen LogP contribution in [0.5, 0.6) is 0 Å². The van der Waals surface area contributed by atoms with Crippen LogP contribution in [0, 0.1) is 0 Å². The van der Waals surface area contributed by atoms with Crippen LogP contribution in [0.25, 0.3) is 0 Å². The van der Waals surface area contributed by atoms with Gasteiger partial charge in [-0.3, -0.25) is 0 Å². The summed E-state index contributed by atoms with van der Waals surface area (Å²) < 4.78 is 1.63. The van der Waals surface area contributed by atoms with Gasteiger partial charge in [-0.15, -0.1) is 0 Å². The molecule has 0 aromatic carbocycles. The third-order valence-corrected chi connectivity index (χ3v) is 3.34. The maximum atomic E-state index is 8.56. The Kier molecular flexibility index (Phi) is 13.0. The van der Waals surface area contributed by atoms with E-state index < -0.39 is 12.3 Å². The van der Waals surface area contributed by atoms with Crippen molar-refractivity contribution in [2.75, 3.05) is 0 Å². The molecule has 0 saturated heterocycles. The van der Waals surface area contributed by atoms with Crippen LogP contribution in [0.1, 0.15) is 6.42 Å². The number of hydrogen-bond donors (Lipinski definition) is 4. The minimum Gasteiger partial charge on any atom is -0.450 e. The molecule has 0 aliphatic heterocycles. The van der Waals surface area contributed by atoms with Gasteiger partial charge in [0.05, 0.1) is 0 Å². The quantitative estimate of drug-likeness (QED) is 0.467. The van der Waals surface area contributed by atoms with E-state index in [0.717, 1.165) is 0 Å². The summed E-state index contributed by atoms with van der Waals surface area (Å²) in [5.41, 5.74) is 0. The van der Waals surface area contributed by atoms with E-state index in [4.69, 9.17) is 30.0 Å². The molecule has 0 atom stereocenters. The molecule has 0 aromatic rings. The molecular weight excluding hydrogens is 317 g/mol. The van der Waals surface area contributed by atoms with E-state index in [-0.39, 0.29) is 0 Å². The van der Waals surface area contributed by atoms with Crippen molar-refractivity contribution in [1.29, 1.82) is 0 Å². The van der Waals surface area contributed by atoms with Gasteiger partial charge in [0.25, 0.3) is 0 Å². The van der Waals surface area contributed by atoms with E-state index in [1.165, 1.54) is 11.4 Å². The SMILES string of the molecule is C=C[CH2][Ru][C]1=CC=CC1.O=C(O)O.O=C(O)O. The van der Waals surface area contributed by atoms with Crippen LogP contribution in [-0.2, 0) is 17.1 Å². The van der Waals surface area contributed by atoms with Crippen molar-refractivity contribution in [2.45, 2.75) is 11.4 Å². The summed E-state index contributed by atoms with van der Waals surface area (Å²) >= 11 is 0.463. The van der Waals surface area contributed by atoms with Crippen LogP contribution >= 0.6 is 0 Å². The van der Waals surface area contributed by atoms with Gasteiger partial charge in [-0.2, -0.15) is 0 Å². The first-order valence-electron chi connectivity index (χ1n) is 4.26. The van der Waals surface area contributed by atoms with E-state index in [1.54, 1.807) is 4.17 Å². The van der Waals surface area contributed by atoms with Gasteiger partial charge in [0.15, 0.2) is 0 Å². The molecule has 0 bridgehead atoms. The van der Waals surface area contributed by atoms with Crippen LogP contribution in [-0.4, -0.2) is 32.7 Å². The van der Waals surface area contributed by atoms with Crippen LogP contribution in [0.4, 0.5) is 9.59 Å². The molecule has 0 amide bonds. The molecule has 7 heteroatoms. The molecule has 1 aliphatic carbocycles. The Hall–Kier alpha value is -1.62. The van der Waals surface area contributed by atoms with Crippen molar-refractivity contribution in [3.8, 4) is 0 Å². The Balaban J connectivity index is 0. The van der Waals surface area contributed by atoms with Gasteiger partial charge < -0.3 is 20.4 Å². The molecule has 1 rings (SSSR count). The third kappa shape index (κ3) is 25.1. The summed E-state index contributed by atoms with van der Waals surface area (Å²) in [5, 5.41) is 29.1. The Bertz CT molecular complexity index is 288. The normalized spacial score (nSPS) is 11.4. The van der Waals surface area contributed by atoms with Crippen molar-refractivity contribution in [3.05, 3.63) is 35.1 Å². The first kappa shape index (κ1) is 17.8. The summed E-state index contributed by atoms with van der Waals surface area (Å²) in [5.74, 6) is 0. The molecule has 1 aliphatic rings. The molecule has 0 radical (unpaired) electrons. The molecule has 0 heterocycles. The summed E-state index contributed by atoms with van der Waals surface area (Å²) in [7, 11) is 0. The third-order valence-electron chi connectivity index (χ3n) is 1.05. The predicted octanol–water partition coefficient (Wildman–Crippen LogP) is 2.96. The van der Waals surface area contributed by atoms with E-state index in [9.17, 15) is 0 Å². The monoisotopic (exact) mass is 332 g/mol. The topological polar surface area (TPSA) is 115 Å². The minimum atomic E-state index is -1.83. The fraction of sp³-hybridized carbons (Fsp3) is 0.200. The molecule has 17 heavy (non-hydrogen) atoms. The van der Waals surface area contributed by atoms with E-state index >= 15 is 0 Å². The second-order valence-corrected chi connectivity index (χ2v) is 4.79. The van der Waals surface area contributed by atoms with Gasteiger partial charge in [-0.25, -0.2) is 9.59 Å². The van der Waals surface area contributed by atoms with Crippen molar-refractivity contribution < 1.29 is 47.1 Å². The Labute approximate surface area is 106 Å². The molecule has 0 saturated carbocycles. The fourth-order valence-electron chi connectivity index (χ4n) is 0.652. The zero-order valence-corrected chi connectivity index (χ0v) is 10.6. The molecule has 98 valence electrons. The second kappa shape index (κ2) is 12.5. The molecule has 0 aromatic heterocycles. The molecule has 0 unspecified atom stereocenters. The van der Waals surface area contributed by atoms with Crippen molar-refractivity contribution >= 4 is 12.3 Å². The Morgan fingerprint density at radius 3 is 2.06 bits per heavy atom. The van der Waals surface area contributed by atoms with Gasteiger partial charge in [0.1, 0.15) is 0 Å². The van der Waals surface area contributed by atoms with E-state index in [0.29, 0.717) is 17.1 Å². The zero-order valence-electron chi connectivity index (χ0n) is 8.89. The fourth-order valence-corrected chi connectivity index (χ4v) is 2.19. The van der Waals surface area contributed by atoms with Gasteiger partial charge in [0, 0.05) is 0 Å². The largest absolute Gasteiger partial charge is 0.503 e. The maximum absolute atomic E-state index is 8.56. The zero-order chi connectivity index (χ0) is 13.7. The van der Waals surface area contributed by atoms with Crippen LogP contribution in [0.2, 0.25) is 5.02 Å². The summed E-state index contributed by atoms with van der Waals surface area (Å²) in [6, 6.07) is 0. The van der Waals surface area contributed by atoms with Gasteiger partial charge in [0.2, 0.25) is 0 Å². The molecule has 6 nitrogen and oxygen atoms in total. The number of carboxylic acid groups (broad SMARTS) is 4. The van der Waals surface area contributed by atoms with E-state index in [1.807, 2.05) is 6.08 Å². The minimum absolute atomic E-state index is 0.463.